The predicted molar refractivity (Wildman–Crippen MR) is 118 cm³/mol. The van der Waals surface area contributed by atoms with Gasteiger partial charge in [0, 0.05) is 5.69 Å². The van der Waals surface area contributed by atoms with Crippen LogP contribution in [0.3, 0.4) is 0 Å². The lowest BCUT2D eigenvalue weighted by molar-refractivity contribution is -0.113. The van der Waals surface area contributed by atoms with Crippen molar-refractivity contribution in [1.82, 2.24) is 0 Å². The van der Waals surface area contributed by atoms with E-state index in [4.69, 9.17) is 4.74 Å². The standard InChI is InChI=1S/C24H19NO4S/c26-24(17-30(27,28)23-15-10-18-6-4-5-7-19(18)16-23)25-20-11-13-22(14-12-20)29-21-8-2-1-3-9-21/h1-16H,17H2,(H,25,26). The van der Waals surface area contributed by atoms with E-state index in [1.54, 1.807) is 36.4 Å². The van der Waals surface area contributed by atoms with E-state index >= 15 is 0 Å². The molecule has 4 rings (SSSR count). The molecule has 0 atom stereocenters. The summed E-state index contributed by atoms with van der Waals surface area (Å²) in [5, 5.41) is 4.38. The number of anilines is 1. The Labute approximate surface area is 174 Å². The smallest absolute Gasteiger partial charge is 0.239 e. The van der Waals surface area contributed by atoms with Crippen LogP contribution in [0.5, 0.6) is 11.5 Å². The van der Waals surface area contributed by atoms with Gasteiger partial charge in [0.05, 0.1) is 4.90 Å². The van der Waals surface area contributed by atoms with E-state index in [0.717, 1.165) is 10.8 Å². The fourth-order valence-corrected chi connectivity index (χ4v) is 4.21. The van der Waals surface area contributed by atoms with E-state index in [2.05, 4.69) is 5.32 Å². The number of hydrogen-bond donors (Lipinski definition) is 1. The SMILES string of the molecule is O=C(CS(=O)(=O)c1ccc2ccccc2c1)Nc1ccc(Oc2ccccc2)cc1. The number of benzene rings is 4. The highest BCUT2D eigenvalue weighted by Gasteiger charge is 2.20. The summed E-state index contributed by atoms with van der Waals surface area (Å²) in [7, 11) is -3.76. The second-order valence-corrected chi connectivity index (χ2v) is 8.75. The number of ether oxygens (including phenoxy) is 1. The molecule has 4 aromatic carbocycles. The Morgan fingerprint density at radius 3 is 2.10 bits per heavy atom. The first-order chi connectivity index (χ1) is 14.5. The van der Waals surface area contributed by atoms with E-state index in [0.29, 0.717) is 17.2 Å². The van der Waals surface area contributed by atoms with Gasteiger partial charge in [-0.25, -0.2) is 8.42 Å². The molecule has 150 valence electrons. The molecule has 0 aliphatic heterocycles. The molecule has 5 nitrogen and oxygen atoms in total. The second kappa shape index (κ2) is 8.39. The largest absolute Gasteiger partial charge is 0.457 e. The fraction of sp³-hybridized carbons (Fsp3) is 0.0417. The van der Waals surface area contributed by atoms with E-state index in [1.807, 2.05) is 54.6 Å². The van der Waals surface area contributed by atoms with E-state index in [1.165, 1.54) is 6.07 Å². The molecule has 0 spiro atoms. The minimum Gasteiger partial charge on any atom is -0.457 e. The van der Waals surface area contributed by atoms with Crippen LogP contribution in [0, 0.1) is 0 Å². The zero-order chi connectivity index (χ0) is 21.0. The monoisotopic (exact) mass is 417 g/mol. The van der Waals surface area contributed by atoms with E-state index < -0.39 is 21.5 Å². The minimum atomic E-state index is -3.76. The van der Waals surface area contributed by atoms with Crippen molar-refractivity contribution in [1.29, 1.82) is 0 Å². The van der Waals surface area contributed by atoms with Crippen LogP contribution in [0.15, 0.2) is 102 Å². The van der Waals surface area contributed by atoms with Crippen LogP contribution in [-0.4, -0.2) is 20.1 Å². The first-order valence-electron chi connectivity index (χ1n) is 9.34. The third kappa shape index (κ3) is 4.67. The zero-order valence-corrected chi connectivity index (χ0v) is 16.8. The topological polar surface area (TPSA) is 72.5 Å². The number of rotatable bonds is 6. The van der Waals surface area contributed by atoms with Crippen LogP contribution in [0.4, 0.5) is 5.69 Å². The molecule has 0 saturated carbocycles. The van der Waals surface area contributed by atoms with Crippen LogP contribution in [0.2, 0.25) is 0 Å². The van der Waals surface area contributed by atoms with Gasteiger partial charge in [-0.2, -0.15) is 0 Å². The van der Waals surface area contributed by atoms with Crippen LogP contribution >= 0.6 is 0 Å². The normalized spacial score (nSPS) is 11.2. The third-order valence-electron chi connectivity index (χ3n) is 4.52. The van der Waals surface area contributed by atoms with Gasteiger partial charge >= 0.3 is 0 Å². The molecule has 1 amide bonds. The van der Waals surface area contributed by atoms with E-state index in [9.17, 15) is 13.2 Å². The van der Waals surface area contributed by atoms with Gasteiger partial charge in [0.2, 0.25) is 5.91 Å². The van der Waals surface area contributed by atoms with Crippen molar-refractivity contribution in [2.24, 2.45) is 0 Å². The Balaban J connectivity index is 1.42. The molecule has 0 aliphatic carbocycles. The highest BCUT2D eigenvalue weighted by atomic mass is 32.2. The van der Waals surface area contributed by atoms with Crippen LogP contribution < -0.4 is 10.1 Å². The molecule has 30 heavy (non-hydrogen) atoms. The summed E-state index contributed by atoms with van der Waals surface area (Å²) in [5.74, 6) is 0.0896. The second-order valence-electron chi connectivity index (χ2n) is 6.76. The Bertz CT molecular complexity index is 1280. The number of para-hydroxylation sites is 1. The Kier molecular flexibility index (Phi) is 5.50. The van der Waals surface area contributed by atoms with Gasteiger partial charge in [-0.15, -0.1) is 0 Å². The predicted octanol–water partition coefficient (Wildman–Crippen LogP) is 5.04. The number of carbonyl (C=O) groups excluding carboxylic acids is 1. The minimum absolute atomic E-state index is 0.128. The van der Waals surface area contributed by atoms with Gasteiger partial charge in [0.1, 0.15) is 17.3 Å². The third-order valence-corrected chi connectivity index (χ3v) is 6.13. The molecule has 6 heteroatoms. The van der Waals surface area contributed by atoms with Gasteiger partial charge in [-0.1, -0.05) is 48.5 Å². The van der Waals surface area contributed by atoms with E-state index in [-0.39, 0.29) is 4.90 Å². The van der Waals surface area contributed by atoms with Crippen molar-refractivity contribution >= 4 is 32.2 Å². The average Bonchev–Trinajstić information content (AvgIpc) is 2.75. The summed E-state index contributed by atoms with van der Waals surface area (Å²) in [6.45, 7) is 0. The molecule has 0 aliphatic rings. The molecule has 0 aromatic heterocycles. The Hall–Kier alpha value is -3.64. The Morgan fingerprint density at radius 2 is 1.37 bits per heavy atom. The highest BCUT2D eigenvalue weighted by molar-refractivity contribution is 7.92. The van der Waals surface area contributed by atoms with Crippen molar-refractivity contribution in [2.75, 3.05) is 11.1 Å². The first-order valence-corrected chi connectivity index (χ1v) is 11.0. The first kappa shape index (κ1) is 19.7. The van der Waals surface area contributed by atoms with Crippen LogP contribution in [0.25, 0.3) is 10.8 Å². The molecule has 0 heterocycles. The molecule has 4 aromatic rings. The molecule has 0 radical (unpaired) electrons. The van der Waals surface area contributed by atoms with Crippen molar-refractivity contribution < 1.29 is 17.9 Å². The fourth-order valence-electron chi connectivity index (χ4n) is 3.04. The number of sulfone groups is 1. The van der Waals surface area contributed by atoms with Crippen molar-refractivity contribution in [3.8, 4) is 11.5 Å². The van der Waals surface area contributed by atoms with Crippen LogP contribution in [0.1, 0.15) is 0 Å². The highest BCUT2D eigenvalue weighted by Crippen LogP contribution is 2.23. The zero-order valence-electron chi connectivity index (χ0n) is 16.0. The molecular weight excluding hydrogens is 398 g/mol. The summed E-state index contributed by atoms with van der Waals surface area (Å²) in [6.07, 6.45) is 0. The maximum atomic E-state index is 12.7. The molecule has 0 saturated heterocycles. The lowest BCUT2D eigenvalue weighted by atomic mass is 10.1. The molecular formula is C24H19NO4S. The maximum absolute atomic E-state index is 12.7. The number of amides is 1. The van der Waals surface area contributed by atoms with Crippen molar-refractivity contribution in [2.45, 2.75) is 4.90 Å². The van der Waals surface area contributed by atoms with Gasteiger partial charge in [-0.3, -0.25) is 4.79 Å². The number of carbonyl (C=O) groups is 1. The molecule has 1 N–H and O–H groups in total. The van der Waals surface area contributed by atoms with Crippen molar-refractivity contribution in [3.05, 3.63) is 97.1 Å². The number of nitrogens with one attached hydrogen (secondary N) is 1. The van der Waals surface area contributed by atoms with Crippen molar-refractivity contribution in [3.63, 3.8) is 0 Å². The maximum Gasteiger partial charge on any atom is 0.239 e. The molecule has 0 unspecified atom stereocenters. The summed E-state index contributed by atoms with van der Waals surface area (Å²) >= 11 is 0. The average molecular weight is 417 g/mol. The summed E-state index contributed by atoms with van der Waals surface area (Å²) in [4.78, 5) is 12.4. The van der Waals surface area contributed by atoms with Crippen LogP contribution in [-0.2, 0) is 14.6 Å². The lowest BCUT2D eigenvalue weighted by Crippen LogP contribution is -2.23. The molecule has 0 fully saturated rings. The number of fused-ring (bicyclic) bond motifs is 1. The van der Waals surface area contributed by atoms with Gasteiger partial charge in [0.15, 0.2) is 9.84 Å². The lowest BCUT2D eigenvalue weighted by Gasteiger charge is -2.09. The quantitative estimate of drug-likeness (QED) is 0.477. The summed E-state index contributed by atoms with van der Waals surface area (Å²) < 4.78 is 31.0. The summed E-state index contributed by atoms with van der Waals surface area (Å²) in [5.41, 5.74) is 0.495. The Morgan fingerprint density at radius 1 is 0.733 bits per heavy atom. The van der Waals surface area contributed by atoms with Gasteiger partial charge in [0.25, 0.3) is 0 Å². The summed E-state index contributed by atoms with van der Waals surface area (Å²) in [6, 6.07) is 28.4. The van der Waals surface area contributed by atoms with Gasteiger partial charge in [-0.05, 0) is 59.3 Å². The molecule has 0 bridgehead atoms. The van der Waals surface area contributed by atoms with Gasteiger partial charge < -0.3 is 10.1 Å². The number of hydrogen-bond acceptors (Lipinski definition) is 4.